The molecule has 0 spiro atoms. The summed E-state index contributed by atoms with van der Waals surface area (Å²) in [6.45, 7) is 6.19. The molecule has 0 atom stereocenters. The topological polar surface area (TPSA) is 111 Å². The summed E-state index contributed by atoms with van der Waals surface area (Å²) in [7, 11) is 0. The van der Waals surface area contributed by atoms with Crippen LogP contribution in [0, 0.1) is 26.9 Å². The van der Waals surface area contributed by atoms with Gasteiger partial charge < -0.3 is 5.73 Å². The summed E-state index contributed by atoms with van der Waals surface area (Å²) in [5.74, 6) is 0.0227. The van der Waals surface area contributed by atoms with Gasteiger partial charge in [0.2, 0.25) is 5.82 Å². The fraction of sp³-hybridized carbons (Fsp3) is 0.636. The van der Waals surface area contributed by atoms with Gasteiger partial charge in [-0.1, -0.05) is 20.8 Å². The molecule has 0 saturated carbocycles. The van der Waals surface area contributed by atoms with Crippen LogP contribution < -0.4 is 5.73 Å². The van der Waals surface area contributed by atoms with E-state index in [0.29, 0.717) is 12.1 Å². The Kier molecular flexibility index (Phi) is 3.91. The van der Waals surface area contributed by atoms with Crippen molar-refractivity contribution in [2.24, 2.45) is 5.41 Å². The molecular formula is C11H17N5O2. The van der Waals surface area contributed by atoms with Crippen LogP contribution in [0.3, 0.4) is 0 Å². The second-order valence-electron chi connectivity index (χ2n) is 5.31. The Morgan fingerprint density at radius 3 is 2.61 bits per heavy atom. The number of nitriles is 1. The van der Waals surface area contributed by atoms with Gasteiger partial charge in [0.1, 0.15) is 5.69 Å². The molecule has 1 heterocycles. The molecule has 1 aromatic heterocycles. The third-order valence-electron chi connectivity index (χ3n) is 2.35. The molecule has 2 N–H and O–H groups in total. The van der Waals surface area contributed by atoms with Gasteiger partial charge >= 0.3 is 5.69 Å². The first-order valence-electron chi connectivity index (χ1n) is 5.63. The molecule has 0 aliphatic carbocycles. The maximum absolute atomic E-state index is 11.0. The lowest BCUT2D eigenvalue weighted by Crippen LogP contribution is -2.11. The molecule has 0 aromatic carbocycles. The molecule has 0 amide bonds. The van der Waals surface area contributed by atoms with E-state index in [0.717, 1.165) is 0 Å². The first-order chi connectivity index (χ1) is 8.26. The van der Waals surface area contributed by atoms with Crippen LogP contribution in [0.5, 0.6) is 0 Å². The van der Waals surface area contributed by atoms with Crippen molar-refractivity contribution < 1.29 is 4.92 Å². The molecule has 0 bridgehead atoms. The maximum atomic E-state index is 11.0. The normalized spacial score (nSPS) is 11.2. The zero-order valence-electron chi connectivity index (χ0n) is 10.8. The zero-order valence-corrected chi connectivity index (χ0v) is 10.8. The molecule has 0 aliphatic rings. The molecule has 0 aliphatic heterocycles. The highest BCUT2D eigenvalue weighted by Gasteiger charge is 2.28. The molecule has 7 heteroatoms. The number of hydrogen-bond donors (Lipinski definition) is 1. The van der Waals surface area contributed by atoms with Gasteiger partial charge in [-0.15, -0.1) is 0 Å². The SMILES string of the molecule is CC(C)(C)Cc1nn(CCC#N)c(N)c1[N+](=O)[O-]. The van der Waals surface area contributed by atoms with E-state index in [-0.39, 0.29) is 29.9 Å². The Bertz CT molecular complexity index is 493. The third kappa shape index (κ3) is 3.20. The first kappa shape index (κ1) is 14.0. The van der Waals surface area contributed by atoms with Crippen LogP contribution in [-0.4, -0.2) is 14.7 Å². The summed E-state index contributed by atoms with van der Waals surface area (Å²) in [6, 6.07) is 1.96. The Morgan fingerprint density at radius 2 is 2.17 bits per heavy atom. The van der Waals surface area contributed by atoms with E-state index in [9.17, 15) is 10.1 Å². The highest BCUT2D eigenvalue weighted by atomic mass is 16.6. The van der Waals surface area contributed by atoms with Crippen molar-refractivity contribution in [2.75, 3.05) is 5.73 Å². The van der Waals surface area contributed by atoms with Crippen molar-refractivity contribution in [1.82, 2.24) is 9.78 Å². The summed E-state index contributed by atoms with van der Waals surface area (Å²) in [5.41, 5.74) is 5.84. The van der Waals surface area contributed by atoms with E-state index >= 15 is 0 Å². The van der Waals surface area contributed by atoms with Gasteiger partial charge in [0, 0.05) is 6.42 Å². The van der Waals surface area contributed by atoms with Gasteiger partial charge in [0.25, 0.3) is 0 Å². The van der Waals surface area contributed by atoms with E-state index in [1.54, 1.807) is 0 Å². The average Bonchev–Trinajstić information content (AvgIpc) is 2.49. The molecule has 0 saturated heterocycles. The molecule has 98 valence electrons. The smallest absolute Gasteiger partial charge is 0.333 e. The Labute approximate surface area is 105 Å². The van der Waals surface area contributed by atoms with Crippen molar-refractivity contribution in [3.63, 3.8) is 0 Å². The van der Waals surface area contributed by atoms with Crippen LogP contribution in [0.15, 0.2) is 0 Å². The number of nitrogens with two attached hydrogens (primary N) is 1. The summed E-state index contributed by atoms with van der Waals surface area (Å²) >= 11 is 0. The Morgan fingerprint density at radius 1 is 1.56 bits per heavy atom. The van der Waals surface area contributed by atoms with Gasteiger partial charge in [-0.3, -0.25) is 10.1 Å². The molecular weight excluding hydrogens is 234 g/mol. The van der Waals surface area contributed by atoms with E-state index in [1.165, 1.54) is 4.68 Å². The minimum atomic E-state index is -0.508. The van der Waals surface area contributed by atoms with Crippen molar-refractivity contribution >= 4 is 11.5 Å². The standard InChI is InChI=1S/C11H17N5O2/c1-11(2,3)7-8-9(16(17)18)10(13)15(14-8)6-4-5-12/h4,6-7,13H2,1-3H3. The number of nitrogens with zero attached hydrogens (tertiary/aromatic N) is 4. The van der Waals surface area contributed by atoms with Crippen molar-refractivity contribution in [3.8, 4) is 6.07 Å². The van der Waals surface area contributed by atoms with E-state index in [1.807, 2.05) is 26.8 Å². The number of nitrogen functional groups attached to an aromatic ring is 1. The minimum absolute atomic E-state index is 0.0227. The van der Waals surface area contributed by atoms with Crippen molar-refractivity contribution in [2.45, 2.75) is 40.2 Å². The molecule has 7 nitrogen and oxygen atoms in total. The predicted octanol–water partition coefficient (Wildman–Crippen LogP) is 1.88. The van der Waals surface area contributed by atoms with Crippen LogP contribution in [0.4, 0.5) is 11.5 Å². The second-order valence-corrected chi connectivity index (χ2v) is 5.31. The lowest BCUT2D eigenvalue weighted by molar-refractivity contribution is -0.384. The van der Waals surface area contributed by atoms with E-state index in [2.05, 4.69) is 5.10 Å². The lowest BCUT2D eigenvalue weighted by Gasteiger charge is -2.15. The van der Waals surface area contributed by atoms with Gasteiger partial charge in [-0.2, -0.15) is 10.4 Å². The number of rotatable bonds is 4. The molecule has 1 rings (SSSR count). The Hall–Kier alpha value is -2.10. The van der Waals surface area contributed by atoms with Crippen LogP contribution >= 0.6 is 0 Å². The van der Waals surface area contributed by atoms with Crippen molar-refractivity contribution in [3.05, 3.63) is 15.8 Å². The molecule has 0 fully saturated rings. The molecule has 18 heavy (non-hydrogen) atoms. The predicted molar refractivity (Wildman–Crippen MR) is 66.7 cm³/mol. The third-order valence-corrected chi connectivity index (χ3v) is 2.35. The fourth-order valence-electron chi connectivity index (χ4n) is 1.66. The first-order valence-corrected chi connectivity index (χ1v) is 5.63. The van der Waals surface area contributed by atoms with Crippen LogP contribution in [-0.2, 0) is 13.0 Å². The summed E-state index contributed by atoms with van der Waals surface area (Å²) in [4.78, 5) is 10.5. The largest absolute Gasteiger partial charge is 0.378 e. The van der Waals surface area contributed by atoms with Crippen LogP contribution in [0.1, 0.15) is 32.9 Å². The lowest BCUT2D eigenvalue weighted by atomic mass is 9.90. The van der Waals surface area contributed by atoms with E-state index in [4.69, 9.17) is 11.0 Å². The number of hydrogen-bond acceptors (Lipinski definition) is 5. The number of anilines is 1. The van der Waals surface area contributed by atoms with Crippen LogP contribution in [0.2, 0.25) is 0 Å². The molecule has 1 aromatic rings. The fourth-order valence-corrected chi connectivity index (χ4v) is 1.66. The average molecular weight is 251 g/mol. The molecule has 0 unspecified atom stereocenters. The highest BCUT2D eigenvalue weighted by Crippen LogP contribution is 2.31. The van der Waals surface area contributed by atoms with Gasteiger partial charge in [-0.25, -0.2) is 4.68 Å². The second kappa shape index (κ2) is 5.04. The van der Waals surface area contributed by atoms with Gasteiger partial charge in [0.05, 0.1) is 24.0 Å². The minimum Gasteiger partial charge on any atom is -0.378 e. The molecule has 0 radical (unpaired) electrons. The monoisotopic (exact) mass is 251 g/mol. The quantitative estimate of drug-likeness (QED) is 0.648. The Balaban J connectivity index is 3.16. The number of aromatic nitrogens is 2. The number of nitro groups is 1. The highest BCUT2D eigenvalue weighted by molar-refractivity contribution is 5.56. The van der Waals surface area contributed by atoms with Crippen molar-refractivity contribution in [1.29, 1.82) is 5.26 Å². The van der Waals surface area contributed by atoms with Gasteiger partial charge in [0.15, 0.2) is 0 Å². The van der Waals surface area contributed by atoms with Gasteiger partial charge in [-0.05, 0) is 5.41 Å². The summed E-state index contributed by atoms with van der Waals surface area (Å²) in [6.07, 6.45) is 0.686. The number of aryl methyl sites for hydroxylation is 1. The zero-order chi connectivity index (χ0) is 13.9. The van der Waals surface area contributed by atoms with E-state index < -0.39 is 4.92 Å². The van der Waals surface area contributed by atoms with Crippen LogP contribution in [0.25, 0.3) is 0 Å². The summed E-state index contributed by atoms with van der Waals surface area (Å²) < 4.78 is 1.34. The summed E-state index contributed by atoms with van der Waals surface area (Å²) in [5, 5.41) is 23.7. The maximum Gasteiger partial charge on any atom is 0.333 e.